The van der Waals surface area contributed by atoms with Gasteiger partial charge in [-0.05, 0) is 54.6 Å². The van der Waals surface area contributed by atoms with Gasteiger partial charge in [-0.25, -0.2) is 9.98 Å². The molecule has 10 heteroatoms. The molecule has 3 heterocycles. The normalized spacial score (nSPS) is 11.5. The maximum atomic E-state index is 11.2. The van der Waals surface area contributed by atoms with Crippen molar-refractivity contribution in [1.82, 2.24) is 9.38 Å². The zero-order valence-electron chi connectivity index (χ0n) is 17.2. The van der Waals surface area contributed by atoms with Gasteiger partial charge in [-0.2, -0.15) is 0 Å². The molecule has 0 bridgehead atoms. The molecule has 0 fully saturated rings. The van der Waals surface area contributed by atoms with Crippen LogP contribution < -0.4 is 0 Å². The molecule has 2 aromatic carbocycles. The van der Waals surface area contributed by atoms with Crippen molar-refractivity contribution in [3.8, 4) is 22.6 Å². The van der Waals surface area contributed by atoms with Crippen molar-refractivity contribution >= 4 is 58.2 Å². The Bertz CT molecular complexity index is 1590. The maximum Gasteiger partial charge on any atom is 0.288 e. The lowest BCUT2D eigenvalue weighted by molar-refractivity contribution is -0.384. The Morgan fingerprint density at radius 1 is 1.00 bits per heavy atom. The fourth-order valence-electron chi connectivity index (χ4n) is 3.48. The number of benzene rings is 2. The Kier molecular flexibility index (Phi) is 5.83. The molecule has 34 heavy (non-hydrogen) atoms. The summed E-state index contributed by atoms with van der Waals surface area (Å²) in [4.78, 5) is 20.0. The molecular weight excluding hydrogens is 499 g/mol. The maximum absolute atomic E-state index is 11.2. The second-order valence-corrected chi connectivity index (χ2v) is 8.47. The molecule has 0 saturated heterocycles. The Morgan fingerprint density at radius 2 is 1.85 bits per heavy atom. The van der Waals surface area contributed by atoms with Gasteiger partial charge in [0.25, 0.3) is 5.69 Å². The van der Waals surface area contributed by atoms with Crippen LogP contribution in [0.25, 0.3) is 28.2 Å². The highest BCUT2D eigenvalue weighted by Gasteiger charge is 2.17. The molecule has 0 saturated carbocycles. The van der Waals surface area contributed by atoms with Crippen LogP contribution in [0.3, 0.4) is 0 Å². The highest BCUT2D eigenvalue weighted by atomic mass is 35.5. The zero-order chi connectivity index (χ0) is 23.8. The van der Waals surface area contributed by atoms with Crippen LogP contribution in [0.4, 0.5) is 11.5 Å². The third-order valence-corrected chi connectivity index (χ3v) is 5.93. The smallest absolute Gasteiger partial charge is 0.288 e. The molecule has 5 aromatic rings. The summed E-state index contributed by atoms with van der Waals surface area (Å²) in [7, 11) is 0. The zero-order valence-corrected chi connectivity index (χ0v) is 19.4. The van der Waals surface area contributed by atoms with E-state index in [0.29, 0.717) is 49.9 Å². The van der Waals surface area contributed by atoms with E-state index in [2.05, 4.69) is 9.98 Å². The first kappa shape index (κ1) is 22.2. The molecule has 0 atom stereocenters. The van der Waals surface area contributed by atoms with Gasteiger partial charge >= 0.3 is 0 Å². The quantitative estimate of drug-likeness (QED) is 0.136. The number of pyridine rings is 1. The first-order valence-electron chi connectivity index (χ1n) is 9.91. The molecule has 0 amide bonds. The summed E-state index contributed by atoms with van der Waals surface area (Å²) in [6.07, 6.45) is 3.40. The number of nitrogens with zero attached hydrogens (tertiary/aromatic N) is 4. The minimum absolute atomic E-state index is 0.0584. The van der Waals surface area contributed by atoms with Crippen molar-refractivity contribution in [2.45, 2.75) is 0 Å². The van der Waals surface area contributed by atoms with Crippen molar-refractivity contribution < 1.29 is 9.34 Å². The third-order valence-electron chi connectivity index (χ3n) is 5.06. The molecule has 0 radical (unpaired) electrons. The summed E-state index contributed by atoms with van der Waals surface area (Å²) >= 11 is 18.4. The number of halogens is 3. The number of fused-ring (bicyclic) bond motifs is 1. The molecule has 0 aliphatic heterocycles. The molecule has 0 N–H and O–H groups in total. The number of imidazole rings is 1. The topological polar surface area (TPSA) is 85.9 Å². The molecule has 0 aliphatic carbocycles. The van der Waals surface area contributed by atoms with Crippen molar-refractivity contribution in [2.75, 3.05) is 0 Å². The van der Waals surface area contributed by atoms with Gasteiger partial charge in [-0.1, -0.05) is 40.9 Å². The van der Waals surface area contributed by atoms with Crippen LogP contribution in [0.15, 0.2) is 82.3 Å². The molecular formula is C24H13Cl3N4O3. The summed E-state index contributed by atoms with van der Waals surface area (Å²) in [5, 5.41) is 12.2. The van der Waals surface area contributed by atoms with Crippen LogP contribution in [0.1, 0.15) is 5.76 Å². The summed E-state index contributed by atoms with van der Waals surface area (Å²) in [6.45, 7) is 0. The van der Waals surface area contributed by atoms with Crippen LogP contribution in [0, 0.1) is 10.1 Å². The third kappa shape index (κ3) is 4.17. The summed E-state index contributed by atoms with van der Waals surface area (Å²) in [6, 6.07) is 18.7. The summed E-state index contributed by atoms with van der Waals surface area (Å²) in [5.41, 5.74) is 2.31. The van der Waals surface area contributed by atoms with Crippen LogP contribution in [0.2, 0.25) is 15.1 Å². The Hall–Kier alpha value is -3.65. The number of hydrogen-bond donors (Lipinski definition) is 0. The Morgan fingerprint density at radius 3 is 2.65 bits per heavy atom. The average Bonchev–Trinajstić information content (AvgIpc) is 3.42. The van der Waals surface area contributed by atoms with E-state index < -0.39 is 4.92 Å². The van der Waals surface area contributed by atoms with E-state index in [0.717, 1.165) is 0 Å². The first-order chi connectivity index (χ1) is 16.4. The van der Waals surface area contributed by atoms with Gasteiger partial charge in [0.05, 0.1) is 16.2 Å². The molecule has 7 nitrogen and oxygen atoms in total. The summed E-state index contributed by atoms with van der Waals surface area (Å²) < 4.78 is 7.69. The fraction of sp³-hybridized carbons (Fsp3) is 0. The molecule has 5 rings (SSSR count). The van der Waals surface area contributed by atoms with Crippen molar-refractivity contribution in [1.29, 1.82) is 0 Å². The van der Waals surface area contributed by atoms with E-state index in [9.17, 15) is 10.1 Å². The van der Waals surface area contributed by atoms with E-state index in [-0.39, 0.29) is 10.7 Å². The van der Waals surface area contributed by atoms with Gasteiger partial charge < -0.3 is 4.42 Å². The van der Waals surface area contributed by atoms with E-state index in [1.807, 2.05) is 28.8 Å². The van der Waals surface area contributed by atoms with Crippen molar-refractivity contribution in [2.24, 2.45) is 4.99 Å². The van der Waals surface area contributed by atoms with Gasteiger partial charge in [0.1, 0.15) is 27.9 Å². The standard InChI is InChI=1S/C24H13Cl3N4O3/c25-15-5-7-17(19(27)12-15)23-24(30-10-2-1-3-22(30)29-23)28-13-16-6-9-21(34-16)14-4-8-18(26)20(11-14)31(32)33/h1-13H/b28-13+. The van der Waals surface area contributed by atoms with Gasteiger partial charge in [0.2, 0.25) is 0 Å². The van der Waals surface area contributed by atoms with Gasteiger partial charge in [-0.15, -0.1) is 0 Å². The lowest BCUT2D eigenvalue weighted by Gasteiger charge is -2.03. The molecule has 0 unspecified atom stereocenters. The van der Waals surface area contributed by atoms with E-state index in [1.54, 1.807) is 42.6 Å². The lowest BCUT2D eigenvalue weighted by atomic mass is 10.1. The highest BCUT2D eigenvalue weighted by Crippen LogP contribution is 2.37. The van der Waals surface area contributed by atoms with Crippen molar-refractivity contribution in [3.63, 3.8) is 0 Å². The SMILES string of the molecule is O=[N+]([O-])c1cc(-c2ccc(/C=N/c3c(-c4ccc(Cl)cc4Cl)nc4ccccn34)o2)ccc1Cl. The van der Waals surface area contributed by atoms with Gasteiger partial charge in [0.15, 0.2) is 5.82 Å². The van der Waals surface area contributed by atoms with Crippen LogP contribution in [-0.4, -0.2) is 20.5 Å². The minimum atomic E-state index is -0.536. The first-order valence-corrected chi connectivity index (χ1v) is 11.0. The molecule has 168 valence electrons. The predicted octanol–water partition coefficient (Wildman–Crippen LogP) is 7.88. The second kappa shape index (κ2) is 8.95. The Labute approximate surface area is 208 Å². The van der Waals surface area contributed by atoms with E-state index >= 15 is 0 Å². The van der Waals surface area contributed by atoms with E-state index in [1.165, 1.54) is 12.1 Å². The highest BCUT2D eigenvalue weighted by molar-refractivity contribution is 6.36. The number of nitro groups is 1. The number of furan rings is 1. The number of rotatable bonds is 5. The second-order valence-electron chi connectivity index (χ2n) is 7.22. The molecule has 0 spiro atoms. The molecule has 3 aromatic heterocycles. The van der Waals surface area contributed by atoms with Gasteiger partial charge in [-0.3, -0.25) is 14.5 Å². The number of aliphatic imine (C=N–C) groups is 1. The number of aromatic nitrogens is 2. The van der Waals surface area contributed by atoms with Crippen LogP contribution in [0.5, 0.6) is 0 Å². The molecule has 0 aliphatic rings. The van der Waals surface area contributed by atoms with Crippen molar-refractivity contribution in [3.05, 3.63) is 104 Å². The van der Waals surface area contributed by atoms with Crippen LogP contribution >= 0.6 is 34.8 Å². The number of hydrogen-bond acceptors (Lipinski definition) is 5. The average molecular weight is 512 g/mol. The predicted molar refractivity (Wildman–Crippen MR) is 134 cm³/mol. The largest absolute Gasteiger partial charge is 0.455 e. The van der Waals surface area contributed by atoms with Crippen LogP contribution in [-0.2, 0) is 0 Å². The number of nitro benzene ring substituents is 1. The Balaban J connectivity index is 1.54. The monoisotopic (exact) mass is 510 g/mol. The fourth-order valence-corrected chi connectivity index (χ4v) is 4.16. The minimum Gasteiger partial charge on any atom is -0.455 e. The van der Waals surface area contributed by atoms with Gasteiger partial charge in [0, 0.05) is 28.4 Å². The van der Waals surface area contributed by atoms with E-state index in [4.69, 9.17) is 39.2 Å². The summed E-state index contributed by atoms with van der Waals surface area (Å²) in [5.74, 6) is 1.45. The lowest BCUT2D eigenvalue weighted by Crippen LogP contribution is -1.89.